The molecule has 2 saturated carbocycles. The number of methoxy groups -OCH3 is 1. The highest BCUT2D eigenvalue weighted by Crippen LogP contribution is 2.48. The Morgan fingerprint density at radius 3 is 2.00 bits per heavy atom. The summed E-state index contributed by atoms with van der Waals surface area (Å²) in [6, 6.07) is 0. The fraction of sp³-hybridized carbons (Fsp3) is 0.947. The lowest BCUT2D eigenvalue weighted by Crippen LogP contribution is -2.45. The number of rotatable bonds is 11. The number of hydrogen-bond donors (Lipinski definition) is 2. The molecular formula is C19H38IN3O2. The lowest BCUT2D eigenvalue weighted by molar-refractivity contribution is 0.128. The Morgan fingerprint density at radius 1 is 0.960 bits per heavy atom. The second-order valence-corrected chi connectivity index (χ2v) is 7.68. The molecule has 0 atom stereocenters. The van der Waals surface area contributed by atoms with Gasteiger partial charge in [-0.05, 0) is 56.3 Å². The van der Waals surface area contributed by atoms with Crippen molar-refractivity contribution in [2.75, 3.05) is 47.1 Å². The largest absolute Gasteiger partial charge is 0.385 e. The van der Waals surface area contributed by atoms with Crippen LogP contribution in [0.3, 0.4) is 0 Å². The number of nitrogens with one attached hydrogen (secondary N) is 2. The van der Waals surface area contributed by atoms with E-state index in [2.05, 4.69) is 22.5 Å². The maximum absolute atomic E-state index is 5.52. The predicted octanol–water partition coefficient (Wildman–Crippen LogP) is 3.57. The minimum atomic E-state index is 0. The van der Waals surface area contributed by atoms with Gasteiger partial charge in [-0.1, -0.05) is 12.8 Å². The summed E-state index contributed by atoms with van der Waals surface area (Å²) in [5, 5.41) is 7.13. The number of halogens is 1. The van der Waals surface area contributed by atoms with Crippen molar-refractivity contribution in [3.8, 4) is 0 Å². The van der Waals surface area contributed by atoms with Crippen LogP contribution in [0.25, 0.3) is 0 Å². The van der Waals surface area contributed by atoms with Crippen molar-refractivity contribution in [1.82, 2.24) is 10.6 Å². The highest BCUT2D eigenvalue weighted by Gasteiger charge is 2.42. The number of ether oxygens (including phenoxy) is 2. The standard InChI is InChI=1S/C19H37N3O2.HI/c1-4-24-14-12-19(9-10-19)16-22-17(20-2)21-15-18(11-13-23-3)7-5-6-8-18;/h4-16H2,1-3H3,(H2,20,21,22);1H. The van der Waals surface area contributed by atoms with E-state index in [1.54, 1.807) is 7.11 Å². The van der Waals surface area contributed by atoms with Crippen molar-refractivity contribution in [2.45, 2.75) is 58.3 Å². The van der Waals surface area contributed by atoms with Gasteiger partial charge in [-0.15, -0.1) is 24.0 Å². The van der Waals surface area contributed by atoms with Crippen molar-refractivity contribution in [2.24, 2.45) is 15.8 Å². The van der Waals surface area contributed by atoms with E-state index in [0.29, 0.717) is 10.8 Å². The maximum Gasteiger partial charge on any atom is 0.191 e. The molecule has 148 valence electrons. The molecule has 2 N–H and O–H groups in total. The van der Waals surface area contributed by atoms with Crippen LogP contribution >= 0.6 is 24.0 Å². The molecule has 2 fully saturated rings. The minimum absolute atomic E-state index is 0. The van der Waals surface area contributed by atoms with E-state index in [1.165, 1.54) is 38.5 Å². The van der Waals surface area contributed by atoms with Crippen LogP contribution in [0.2, 0.25) is 0 Å². The zero-order valence-corrected chi connectivity index (χ0v) is 18.7. The third-order valence-electron chi connectivity index (χ3n) is 5.92. The molecule has 6 heteroatoms. The number of hydrogen-bond acceptors (Lipinski definition) is 3. The van der Waals surface area contributed by atoms with Gasteiger partial charge < -0.3 is 20.1 Å². The summed E-state index contributed by atoms with van der Waals surface area (Å²) in [6.07, 6.45) is 10.2. The molecule has 0 bridgehead atoms. The molecule has 0 heterocycles. The van der Waals surface area contributed by atoms with E-state index in [-0.39, 0.29) is 24.0 Å². The van der Waals surface area contributed by atoms with E-state index in [9.17, 15) is 0 Å². The molecule has 2 aliphatic carbocycles. The van der Waals surface area contributed by atoms with Gasteiger partial charge in [0.05, 0.1) is 0 Å². The van der Waals surface area contributed by atoms with Crippen molar-refractivity contribution in [1.29, 1.82) is 0 Å². The van der Waals surface area contributed by atoms with Gasteiger partial charge in [-0.3, -0.25) is 4.99 Å². The fourth-order valence-corrected chi connectivity index (χ4v) is 3.85. The second kappa shape index (κ2) is 11.6. The van der Waals surface area contributed by atoms with Crippen LogP contribution in [0.4, 0.5) is 0 Å². The molecule has 0 saturated heterocycles. The molecule has 0 amide bonds. The summed E-state index contributed by atoms with van der Waals surface area (Å²) in [6.45, 7) is 6.62. The first-order chi connectivity index (χ1) is 11.7. The van der Waals surface area contributed by atoms with Gasteiger partial charge in [0.15, 0.2) is 5.96 Å². The molecule has 0 spiro atoms. The molecule has 2 aliphatic rings. The summed E-state index contributed by atoms with van der Waals surface area (Å²) in [4.78, 5) is 4.42. The molecule has 0 radical (unpaired) electrons. The highest BCUT2D eigenvalue weighted by molar-refractivity contribution is 14.0. The van der Waals surface area contributed by atoms with Crippen LogP contribution in [0.1, 0.15) is 58.3 Å². The molecule has 0 aromatic rings. The van der Waals surface area contributed by atoms with E-state index in [1.807, 2.05) is 7.05 Å². The van der Waals surface area contributed by atoms with Crippen LogP contribution in [0, 0.1) is 10.8 Å². The lowest BCUT2D eigenvalue weighted by atomic mass is 9.83. The average molecular weight is 467 g/mol. The van der Waals surface area contributed by atoms with Gasteiger partial charge >= 0.3 is 0 Å². The third kappa shape index (κ3) is 7.59. The number of aliphatic imine (C=N–C) groups is 1. The normalized spacial score (nSPS) is 20.8. The smallest absolute Gasteiger partial charge is 0.191 e. The first-order valence-corrected chi connectivity index (χ1v) is 9.69. The van der Waals surface area contributed by atoms with Crippen LogP contribution in [0.5, 0.6) is 0 Å². The summed E-state index contributed by atoms with van der Waals surface area (Å²) in [5.41, 5.74) is 0.827. The molecule has 0 unspecified atom stereocenters. The van der Waals surface area contributed by atoms with E-state index >= 15 is 0 Å². The van der Waals surface area contributed by atoms with Gasteiger partial charge in [0.2, 0.25) is 0 Å². The number of nitrogens with zero attached hydrogens (tertiary/aromatic N) is 1. The Labute approximate surface area is 171 Å². The quantitative estimate of drug-likeness (QED) is 0.211. The van der Waals surface area contributed by atoms with Gasteiger partial charge in [0.25, 0.3) is 0 Å². The van der Waals surface area contributed by atoms with Crippen LogP contribution in [-0.2, 0) is 9.47 Å². The SMILES string of the molecule is CCOCCC1(CNC(=NC)NCC2(CCOC)CCCC2)CC1.I. The summed E-state index contributed by atoms with van der Waals surface area (Å²) in [5.74, 6) is 0.946. The van der Waals surface area contributed by atoms with E-state index in [0.717, 1.165) is 51.7 Å². The zero-order valence-electron chi connectivity index (χ0n) is 16.4. The van der Waals surface area contributed by atoms with Crippen LogP contribution in [0.15, 0.2) is 4.99 Å². The molecular weight excluding hydrogens is 429 g/mol. The minimum Gasteiger partial charge on any atom is -0.385 e. The Hall–Kier alpha value is -0.0800. The summed E-state index contributed by atoms with van der Waals surface area (Å²) in [7, 11) is 3.67. The molecule has 2 rings (SSSR count). The first kappa shape index (κ1) is 23.0. The molecule has 0 aliphatic heterocycles. The van der Waals surface area contributed by atoms with Crippen molar-refractivity contribution < 1.29 is 9.47 Å². The Morgan fingerprint density at radius 2 is 1.52 bits per heavy atom. The Bertz CT molecular complexity index is 394. The van der Waals surface area contributed by atoms with Crippen LogP contribution < -0.4 is 10.6 Å². The summed E-state index contributed by atoms with van der Waals surface area (Å²) < 4.78 is 10.8. The third-order valence-corrected chi connectivity index (χ3v) is 5.92. The monoisotopic (exact) mass is 467 g/mol. The van der Waals surface area contributed by atoms with E-state index < -0.39 is 0 Å². The molecule has 0 aromatic carbocycles. The average Bonchev–Trinajstić information content (AvgIpc) is 3.21. The topological polar surface area (TPSA) is 54.9 Å². The van der Waals surface area contributed by atoms with Gasteiger partial charge in [0.1, 0.15) is 0 Å². The number of guanidine groups is 1. The molecule has 0 aromatic heterocycles. The second-order valence-electron chi connectivity index (χ2n) is 7.68. The Balaban J connectivity index is 0.00000312. The van der Waals surface area contributed by atoms with Crippen molar-refractivity contribution >= 4 is 29.9 Å². The van der Waals surface area contributed by atoms with E-state index in [4.69, 9.17) is 9.47 Å². The fourth-order valence-electron chi connectivity index (χ4n) is 3.85. The van der Waals surface area contributed by atoms with Gasteiger partial charge in [-0.2, -0.15) is 0 Å². The molecule has 5 nitrogen and oxygen atoms in total. The zero-order chi connectivity index (χ0) is 17.3. The maximum atomic E-state index is 5.52. The molecule has 25 heavy (non-hydrogen) atoms. The highest BCUT2D eigenvalue weighted by atomic mass is 127. The summed E-state index contributed by atoms with van der Waals surface area (Å²) >= 11 is 0. The predicted molar refractivity (Wildman–Crippen MR) is 115 cm³/mol. The first-order valence-electron chi connectivity index (χ1n) is 9.69. The van der Waals surface area contributed by atoms with Crippen molar-refractivity contribution in [3.63, 3.8) is 0 Å². The van der Waals surface area contributed by atoms with Gasteiger partial charge in [0, 0.05) is 47.1 Å². The Kier molecular flexibility index (Phi) is 10.6. The van der Waals surface area contributed by atoms with Crippen molar-refractivity contribution in [3.05, 3.63) is 0 Å². The van der Waals surface area contributed by atoms with Crippen LogP contribution in [-0.4, -0.2) is 53.0 Å². The van der Waals surface area contributed by atoms with Gasteiger partial charge in [-0.25, -0.2) is 0 Å². The lowest BCUT2D eigenvalue weighted by Gasteiger charge is -2.30.